The first-order valence-corrected chi connectivity index (χ1v) is 9.57. The van der Waals surface area contributed by atoms with Gasteiger partial charge in [-0.1, -0.05) is 45.4 Å². The van der Waals surface area contributed by atoms with Gasteiger partial charge in [-0.05, 0) is 12.8 Å². The van der Waals surface area contributed by atoms with Crippen molar-refractivity contribution in [1.29, 1.82) is 0 Å². The standard InChI is InChI=1S/C15H33NO4S.H2O/c1-4-5-6-7-8-9-10-11-13-16(2,3)14-12-15-20-21(17,18)19;/h4-15H2,1-3H3;1H2. The number of quaternary nitrogens is 1. The summed E-state index contributed by atoms with van der Waals surface area (Å²) in [5, 5.41) is 0. The van der Waals surface area contributed by atoms with Crippen molar-refractivity contribution in [2.24, 2.45) is 0 Å². The van der Waals surface area contributed by atoms with Crippen LogP contribution in [0.4, 0.5) is 0 Å². The molecule has 0 aliphatic carbocycles. The maximum absolute atomic E-state index is 10.4. The summed E-state index contributed by atoms with van der Waals surface area (Å²) in [6.07, 6.45) is 11.2. The highest BCUT2D eigenvalue weighted by Crippen LogP contribution is 2.10. The molecule has 0 amide bonds. The molecular formula is C15H35NO5S. The summed E-state index contributed by atoms with van der Waals surface area (Å²) in [6.45, 7) is 4.24. The number of unbranched alkanes of at least 4 members (excludes halogenated alkanes) is 7. The Morgan fingerprint density at radius 1 is 0.864 bits per heavy atom. The Kier molecular flexibility index (Phi) is 14.5. The average Bonchev–Trinajstić information content (AvgIpc) is 2.37. The van der Waals surface area contributed by atoms with E-state index in [1.54, 1.807) is 0 Å². The van der Waals surface area contributed by atoms with Crippen molar-refractivity contribution in [3.05, 3.63) is 0 Å². The molecule has 0 unspecified atom stereocenters. The lowest BCUT2D eigenvalue weighted by Crippen LogP contribution is -2.41. The van der Waals surface area contributed by atoms with Gasteiger partial charge in [0.25, 0.3) is 0 Å². The molecule has 0 aromatic rings. The lowest BCUT2D eigenvalue weighted by molar-refractivity contribution is -0.890. The summed E-state index contributed by atoms with van der Waals surface area (Å²) in [4.78, 5) is 0. The monoisotopic (exact) mass is 341 g/mol. The molecule has 22 heavy (non-hydrogen) atoms. The zero-order valence-corrected chi connectivity index (χ0v) is 15.3. The van der Waals surface area contributed by atoms with E-state index in [1.165, 1.54) is 51.4 Å². The quantitative estimate of drug-likeness (QED) is 0.297. The lowest BCUT2D eigenvalue weighted by atomic mass is 10.1. The van der Waals surface area contributed by atoms with Gasteiger partial charge in [0.1, 0.15) is 0 Å². The molecule has 0 heterocycles. The highest BCUT2D eigenvalue weighted by atomic mass is 32.3. The van der Waals surface area contributed by atoms with Crippen LogP contribution in [0.3, 0.4) is 0 Å². The minimum Gasteiger partial charge on any atom is -0.870 e. The molecule has 0 bridgehead atoms. The van der Waals surface area contributed by atoms with Gasteiger partial charge in [0.15, 0.2) is 0 Å². The van der Waals surface area contributed by atoms with Gasteiger partial charge in [0.2, 0.25) is 0 Å². The first-order valence-electron chi connectivity index (χ1n) is 8.21. The van der Waals surface area contributed by atoms with E-state index in [-0.39, 0.29) is 12.1 Å². The fourth-order valence-electron chi connectivity index (χ4n) is 2.44. The van der Waals surface area contributed by atoms with Crippen molar-refractivity contribution >= 4 is 10.4 Å². The number of nitrogens with zero attached hydrogens (tertiary/aromatic N) is 1. The number of rotatable bonds is 14. The molecule has 0 atom stereocenters. The van der Waals surface area contributed by atoms with Crippen LogP contribution in [0.5, 0.6) is 0 Å². The zero-order chi connectivity index (χ0) is 16.2. The second-order valence-corrected chi connectivity index (χ2v) is 7.55. The first kappa shape index (κ1) is 24.0. The summed E-state index contributed by atoms with van der Waals surface area (Å²) >= 11 is 0. The van der Waals surface area contributed by atoms with E-state index in [4.69, 9.17) is 4.55 Å². The Labute approximate surface area is 136 Å². The van der Waals surface area contributed by atoms with Crippen molar-refractivity contribution in [3.63, 3.8) is 0 Å². The highest BCUT2D eigenvalue weighted by molar-refractivity contribution is 7.80. The van der Waals surface area contributed by atoms with Crippen molar-refractivity contribution in [2.45, 2.75) is 64.7 Å². The zero-order valence-electron chi connectivity index (χ0n) is 14.5. The topological polar surface area (TPSA) is 93.6 Å². The molecule has 0 saturated carbocycles. The summed E-state index contributed by atoms with van der Waals surface area (Å²) in [7, 11) is 0.0122. The number of hydrogen-bond acceptors (Lipinski definition) is 4. The Morgan fingerprint density at radius 3 is 1.82 bits per heavy atom. The van der Waals surface area contributed by atoms with Gasteiger partial charge in [-0.2, -0.15) is 8.42 Å². The van der Waals surface area contributed by atoms with Crippen molar-refractivity contribution in [2.75, 3.05) is 33.8 Å². The van der Waals surface area contributed by atoms with E-state index < -0.39 is 10.4 Å². The summed E-state index contributed by atoms with van der Waals surface area (Å²) in [6, 6.07) is 0. The maximum Gasteiger partial charge on any atom is 0.397 e. The second-order valence-electron chi connectivity index (χ2n) is 6.46. The summed E-state index contributed by atoms with van der Waals surface area (Å²) in [5.41, 5.74) is 0. The molecule has 0 aromatic heterocycles. The number of hydrogen-bond donors (Lipinski definition) is 1. The van der Waals surface area contributed by atoms with Crippen LogP contribution in [0.1, 0.15) is 64.7 Å². The Morgan fingerprint density at radius 2 is 1.32 bits per heavy atom. The van der Waals surface area contributed by atoms with Crippen LogP contribution in [0, 0.1) is 0 Å². The van der Waals surface area contributed by atoms with Crippen molar-refractivity contribution in [1.82, 2.24) is 0 Å². The Balaban J connectivity index is 0. The van der Waals surface area contributed by atoms with Gasteiger partial charge >= 0.3 is 10.4 Å². The van der Waals surface area contributed by atoms with Gasteiger partial charge in [-0.15, -0.1) is 0 Å². The van der Waals surface area contributed by atoms with E-state index in [0.717, 1.165) is 17.6 Å². The second kappa shape index (κ2) is 13.2. The van der Waals surface area contributed by atoms with Crippen LogP contribution < -0.4 is 0 Å². The third kappa shape index (κ3) is 17.8. The van der Waals surface area contributed by atoms with E-state index in [2.05, 4.69) is 25.2 Å². The maximum atomic E-state index is 10.4. The Hall–Kier alpha value is -0.210. The molecule has 7 heteroatoms. The van der Waals surface area contributed by atoms with E-state index in [9.17, 15) is 8.42 Å². The predicted molar refractivity (Wildman–Crippen MR) is 88.5 cm³/mol. The Bertz CT molecular complexity index is 344. The van der Waals surface area contributed by atoms with E-state index in [1.807, 2.05) is 0 Å². The van der Waals surface area contributed by atoms with Gasteiger partial charge in [-0.3, -0.25) is 4.55 Å². The van der Waals surface area contributed by atoms with Gasteiger partial charge in [0, 0.05) is 6.42 Å². The normalized spacial score (nSPS) is 12.2. The fourth-order valence-corrected chi connectivity index (χ4v) is 2.77. The van der Waals surface area contributed by atoms with E-state index in [0.29, 0.717) is 6.42 Å². The van der Waals surface area contributed by atoms with Crippen LogP contribution in [0.25, 0.3) is 0 Å². The molecule has 0 aromatic carbocycles. The van der Waals surface area contributed by atoms with Crippen molar-refractivity contribution in [3.8, 4) is 0 Å². The smallest absolute Gasteiger partial charge is 0.397 e. The van der Waals surface area contributed by atoms with Crippen LogP contribution in [0.15, 0.2) is 0 Å². The molecule has 0 aliphatic rings. The molecule has 0 fully saturated rings. The highest BCUT2D eigenvalue weighted by Gasteiger charge is 2.14. The summed E-state index contributed by atoms with van der Waals surface area (Å²) in [5.74, 6) is 0. The van der Waals surface area contributed by atoms with Gasteiger partial charge in [0.05, 0.1) is 33.8 Å². The fraction of sp³-hybridized carbons (Fsp3) is 1.00. The third-order valence-corrected chi connectivity index (χ3v) is 4.22. The molecule has 136 valence electrons. The molecule has 0 radical (unpaired) electrons. The minimum atomic E-state index is -4.28. The van der Waals surface area contributed by atoms with Crippen LogP contribution in [-0.4, -0.2) is 56.7 Å². The SMILES string of the molecule is CCCCCCCCCC[N+](C)(C)CCCOS(=O)(=O)O.[OH-]. The minimum absolute atomic E-state index is 0. The van der Waals surface area contributed by atoms with Crippen molar-refractivity contribution < 1.29 is 27.1 Å². The largest absolute Gasteiger partial charge is 0.870 e. The lowest BCUT2D eigenvalue weighted by Gasteiger charge is -2.29. The summed E-state index contributed by atoms with van der Waals surface area (Å²) < 4.78 is 34.5. The van der Waals surface area contributed by atoms with Crippen LogP contribution >= 0.6 is 0 Å². The van der Waals surface area contributed by atoms with Gasteiger partial charge in [-0.25, -0.2) is 4.18 Å². The molecular weight excluding hydrogens is 306 g/mol. The van der Waals surface area contributed by atoms with Crippen LogP contribution in [-0.2, 0) is 14.6 Å². The third-order valence-electron chi connectivity index (χ3n) is 3.76. The predicted octanol–water partition coefficient (Wildman–Crippen LogP) is 3.24. The molecule has 0 saturated heterocycles. The first-order chi connectivity index (χ1) is 9.77. The molecule has 0 spiro atoms. The van der Waals surface area contributed by atoms with Gasteiger partial charge < -0.3 is 9.96 Å². The average molecular weight is 342 g/mol. The molecule has 2 N–H and O–H groups in total. The molecule has 0 aliphatic heterocycles. The van der Waals surface area contributed by atoms with E-state index >= 15 is 0 Å². The molecule has 6 nitrogen and oxygen atoms in total. The van der Waals surface area contributed by atoms with Crippen LogP contribution in [0.2, 0.25) is 0 Å². The molecule has 0 rings (SSSR count).